The fourth-order valence-electron chi connectivity index (χ4n) is 7.71. The number of hydrogen-bond acceptors (Lipinski definition) is 1. The topological polar surface area (TPSA) is 17.1 Å². The minimum Gasteiger partial charge on any atom is -0.303 e. The van der Waals surface area contributed by atoms with E-state index in [1.165, 1.54) is 51.2 Å². The second-order valence-electron chi connectivity index (χ2n) is 10.7. The van der Waals surface area contributed by atoms with E-state index >= 15 is 0 Å². The predicted octanol–water partition coefficient (Wildman–Crippen LogP) is 6.49. The number of fused-ring (bicyclic) bond motifs is 4. The number of carbonyl (C=O) groups excluding carboxylic acids is 1. The van der Waals surface area contributed by atoms with Crippen molar-refractivity contribution in [2.24, 2.45) is 34.0 Å². The maximum atomic E-state index is 11.5. The normalized spacial score (nSPS) is 43.6. The minimum atomic E-state index is 0.182. The van der Waals surface area contributed by atoms with Crippen LogP contribution in [0.5, 0.6) is 0 Å². The van der Waals surface area contributed by atoms with Crippen LogP contribution < -0.4 is 0 Å². The van der Waals surface area contributed by atoms with Crippen molar-refractivity contribution >= 4 is 6.29 Å². The van der Waals surface area contributed by atoms with Crippen LogP contribution in [0.2, 0.25) is 0 Å². The van der Waals surface area contributed by atoms with Gasteiger partial charge in [0.2, 0.25) is 0 Å². The molecule has 0 aliphatic heterocycles. The minimum absolute atomic E-state index is 0.182. The number of hydrogen-bond donors (Lipinski definition) is 0. The van der Waals surface area contributed by atoms with Gasteiger partial charge in [0.15, 0.2) is 0 Å². The lowest BCUT2D eigenvalue weighted by atomic mass is 9.47. The molecule has 0 aromatic rings. The molecule has 0 bridgehead atoms. The van der Waals surface area contributed by atoms with E-state index < -0.39 is 0 Å². The molecule has 0 amide bonds. The van der Waals surface area contributed by atoms with Crippen LogP contribution in [0.15, 0.2) is 22.8 Å². The Hall–Kier alpha value is -0.850. The first-order chi connectivity index (χ1) is 11.7. The molecule has 0 spiro atoms. The predicted molar refractivity (Wildman–Crippen MR) is 104 cm³/mol. The zero-order valence-corrected chi connectivity index (χ0v) is 17.0. The molecule has 2 unspecified atom stereocenters. The van der Waals surface area contributed by atoms with E-state index in [-0.39, 0.29) is 11.3 Å². The molecule has 0 saturated heterocycles. The van der Waals surface area contributed by atoms with E-state index in [0.29, 0.717) is 16.7 Å². The number of rotatable bonds is 2. The molecule has 0 aromatic heterocycles. The van der Waals surface area contributed by atoms with Gasteiger partial charge in [-0.2, -0.15) is 0 Å². The fraction of sp³-hybridized carbons (Fsp3) is 0.792. The summed E-state index contributed by atoms with van der Waals surface area (Å²) in [6.45, 7) is 12.2. The Bertz CT molecular complexity index is 651. The molecule has 1 heteroatoms. The van der Waals surface area contributed by atoms with Crippen molar-refractivity contribution < 1.29 is 4.79 Å². The zero-order valence-electron chi connectivity index (χ0n) is 17.0. The Labute approximate surface area is 154 Å². The SMILES string of the molecule is CC(C=O)[C@H]1CC=C2C3=C(CC[C@@]21C)[C@@]1(C)CCCC(C)(C)C1CC3. The number of aldehydes is 1. The maximum Gasteiger partial charge on any atom is 0.123 e. The van der Waals surface area contributed by atoms with E-state index in [1.807, 2.05) is 5.57 Å². The Morgan fingerprint density at radius 1 is 1.08 bits per heavy atom. The molecule has 0 radical (unpaired) electrons. The van der Waals surface area contributed by atoms with Crippen molar-refractivity contribution in [3.63, 3.8) is 0 Å². The van der Waals surface area contributed by atoms with Crippen LogP contribution in [-0.4, -0.2) is 6.29 Å². The third-order valence-corrected chi connectivity index (χ3v) is 9.04. The second-order valence-corrected chi connectivity index (χ2v) is 10.7. The van der Waals surface area contributed by atoms with Crippen molar-refractivity contribution in [2.75, 3.05) is 0 Å². The summed E-state index contributed by atoms with van der Waals surface area (Å²) in [7, 11) is 0. The van der Waals surface area contributed by atoms with Gasteiger partial charge in [-0.3, -0.25) is 0 Å². The molecular weight excluding hydrogens is 304 g/mol. The van der Waals surface area contributed by atoms with Gasteiger partial charge in [-0.05, 0) is 84.2 Å². The van der Waals surface area contributed by atoms with Crippen LogP contribution in [0.4, 0.5) is 0 Å². The first-order valence-corrected chi connectivity index (χ1v) is 10.6. The summed E-state index contributed by atoms with van der Waals surface area (Å²) in [4.78, 5) is 11.5. The van der Waals surface area contributed by atoms with Crippen molar-refractivity contribution in [3.05, 3.63) is 22.8 Å². The lowest BCUT2D eigenvalue weighted by molar-refractivity contribution is -0.113. The molecule has 4 aliphatic rings. The molecule has 0 aromatic carbocycles. The quantitative estimate of drug-likeness (QED) is 0.525. The zero-order chi connectivity index (χ0) is 18.0. The summed E-state index contributed by atoms with van der Waals surface area (Å²) in [6, 6.07) is 0. The van der Waals surface area contributed by atoms with E-state index in [4.69, 9.17) is 0 Å². The monoisotopic (exact) mass is 340 g/mol. The van der Waals surface area contributed by atoms with E-state index in [2.05, 4.69) is 40.7 Å². The summed E-state index contributed by atoms with van der Waals surface area (Å²) in [5, 5.41) is 0. The standard InChI is InChI=1S/C24H36O/c1-16(15-25)18-8-9-19-17-7-10-21-22(2,3)12-6-13-24(21,5)20(17)11-14-23(18,19)4/h9,15-16,18,21H,6-8,10-14H2,1-5H3/t16?,18-,21?,23-,24-/m1/s1. The molecular formula is C24H36O. The largest absolute Gasteiger partial charge is 0.303 e. The fourth-order valence-corrected chi connectivity index (χ4v) is 7.71. The van der Waals surface area contributed by atoms with Crippen LogP contribution in [0.1, 0.15) is 86.0 Å². The van der Waals surface area contributed by atoms with Gasteiger partial charge < -0.3 is 4.79 Å². The molecule has 1 nitrogen and oxygen atoms in total. The van der Waals surface area contributed by atoms with Gasteiger partial charge in [-0.25, -0.2) is 0 Å². The summed E-state index contributed by atoms with van der Waals surface area (Å²) in [5.74, 6) is 1.55. The highest BCUT2D eigenvalue weighted by atomic mass is 16.1. The van der Waals surface area contributed by atoms with Crippen LogP contribution >= 0.6 is 0 Å². The van der Waals surface area contributed by atoms with Gasteiger partial charge in [0.05, 0.1) is 0 Å². The highest BCUT2D eigenvalue weighted by Gasteiger charge is 2.55. The Balaban J connectivity index is 1.75. The first kappa shape index (κ1) is 17.6. The van der Waals surface area contributed by atoms with Crippen LogP contribution in [0.25, 0.3) is 0 Å². The Kier molecular flexibility index (Phi) is 3.91. The molecule has 25 heavy (non-hydrogen) atoms. The van der Waals surface area contributed by atoms with Gasteiger partial charge >= 0.3 is 0 Å². The summed E-state index contributed by atoms with van der Waals surface area (Å²) < 4.78 is 0. The van der Waals surface area contributed by atoms with Crippen LogP contribution in [0, 0.1) is 34.0 Å². The number of allylic oxidation sites excluding steroid dienone is 4. The molecule has 1 fully saturated rings. The lowest BCUT2D eigenvalue weighted by Crippen LogP contribution is -2.47. The molecule has 1 saturated carbocycles. The third kappa shape index (κ3) is 2.30. The van der Waals surface area contributed by atoms with Crippen molar-refractivity contribution in [2.45, 2.75) is 86.0 Å². The Morgan fingerprint density at radius 2 is 1.84 bits per heavy atom. The molecule has 4 aliphatic carbocycles. The number of carbonyl (C=O) groups is 1. The summed E-state index contributed by atoms with van der Waals surface area (Å²) in [5.41, 5.74) is 6.35. The highest BCUT2D eigenvalue weighted by Crippen LogP contribution is 2.66. The van der Waals surface area contributed by atoms with Gasteiger partial charge in [0.1, 0.15) is 6.29 Å². The second kappa shape index (κ2) is 5.57. The highest BCUT2D eigenvalue weighted by molar-refractivity contribution is 5.57. The average molecular weight is 341 g/mol. The van der Waals surface area contributed by atoms with Gasteiger partial charge in [0.25, 0.3) is 0 Å². The molecule has 0 heterocycles. The molecule has 5 atom stereocenters. The average Bonchev–Trinajstić information content (AvgIpc) is 2.90. The molecule has 138 valence electrons. The van der Waals surface area contributed by atoms with Gasteiger partial charge in [0, 0.05) is 5.92 Å². The maximum absolute atomic E-state index is 11.5. The van der Waals surface area contributed by atoms with E-state index in [0.717, 1.165) is 12.3 Å². The van der Waals surface area contributed by atoms with E-state index in [1.54, 1.807) is 11.1 Å². The van der Waals surface area contributed by atoms with Crippen molar-refractivity contribution in [1.82, 2.24) is 0 Å². The first-order valence-electron chi connectivity index (χ1n) is 10.6. The lowest BCUT2D eigenvalue weighted by Gasteiger charge is -2.58. The van der Waals surface area contributed by atoms with Crippen LogP contribution in [-0.2, 0) is 4.79 Å². The van der Waals surface area contributed by atoms with Crippen LogP contribution in [0.3, 0.4) is 0 Å². The smallest absolute Gasteiger partial charge is 0.123 e. The van der Waals surface area contributed by atoms with E-state index in [9.17, 15) is 4.79 Å². The summed E-state index contributed by atoms with van der Waals surface area (Å²) >= 11 is 0. The van der Waals surface area contributed by atoms with Gasteiger partial charge in [-0.15, -0.1) is 0 Å². The van der Waals surface area contributed by atoms with Crippen molar-refractivity contribution in [1.29, 1.82) is 0 Å². The summed E-state index contributed by atoms with van der Waals surface area (Å²) in [6.07, 6.45) is 14.2. The Morgan fingerprint density at radius 3 is 2.56 bits per heavy atom. The van der Waals surface area contributed by atoms with Gasteiger partial charge in [-0.1, -0.05) is 52.7 Å². The molecule has 0 N–H and O–H groups in total. The third-order valence-electron chi connectivity index (χ3n) is 9.04. The molecule has 4 rings (SSSR count). The van der Waals surface area contributed by atoms with Crippen molar-refractivity contribution in [3.8, 4) is 0 Å².